The molecule has 0 radical (unpaired) electrons. The van der Waals surface area contributed by atoms with Gasteiger partial charge in [0, 0.05) is 12.2 Å². The van der Waals surface area contributed by atoms with Crippen LogP contribution in [0.2, 0.25) is 0 Å². The molecule has 3 rings (SSSR count). The number of thioether (sulfide) groups is 1. The minimum Gasteiger partial charge on any atom is -0.463 e. The lowest BCUT2D eigenvalue weighted by Gasteiger charge is -2.23. The Hall–Kier alpha value is -1.84. The molecule has 0 amide bonds. The molecule has 2 aromatic heterocycles. The van der Waals surface area contributed by atoms with E-state index in [1.54, 1.807) is 0 Å². The maximum absolute atomic E-state index is 12.8. The van der Waals surface area contributed by atoms with Gasteiger partial charge in [0.1, 0.15) is 36.8 Å². The molecule has 0 aromatic carbocycles. The quantitative estimate of drug-likeness (QED) is 0.0657. The topological polar surface area (TPSA) is 201 Å². The van der Waals surface area contributed by atoms with Crippen molar-refractivity contribution in [1.29, 1.82) is 0 Å². The molecule has 262 valence electrons. The van der Waals surface area contributed by atoms with E-state index in [-0.39, 0.29) is 18.8 Å². The fraction of sp³-hybridized carbons (Fsp3) is 0.800. The van der Waals surface area contributed by atoms with Gasteiger partial charge in [0.05, 0.1) is 19.0 Å². The van der Waals surface area contributed by atoms with Crippen molar-refractivity contribution in [3.63, 3.8) is 0 Å². The van der Waals surface area contributed by atoms with E-state index in [0.29, 0.717) is 23.3 Å². The molecule has 1 unspecified atom stereocenters. The van der Waals surface area contributed by atoms with Gasteiger partial charge in [-0.3, -0.25) is 18.4 Å². The standard InChI is InChI=1S/C30H52N5O9PS/c1-3-4-5-6-7-8-9-10-11-12-13-14-15-16-24(37)41-17-22(36)18-42-45(39,40)44-27-23(19-46-2)43-30(26(27)38)35-21-34-25-28(31)32-20-33-29(25)35/h20-23,26-27,30,36,38H,3-19H2,1-2H3,(H,39,40)(H2,31,32,33)/t22-,23-,26-,27-,30-/m1/s1. The van der Waals surface area contributed by atoms with Crippen LogP contribution in [0.5, 0.6) is 0 Å². The Bertz CT molecular complexity index is 1220. The molecule has 46 heavy (non-hydrogen) atoms. The van der Waals surface area contributed by atoms with E-state index >= 15 is 0 Å². The number of carbonyl (C=O) groups excluding carboxylic acids is 1. The number of anilines is 1. The Kier molecular flexibility index (Phi) is 17.2. The first-order valence-electron chi connectivity index (χ1n) is 16.4. The molecule has 5 N–H and O–H groups in total. The Morgan fingerprint density at radius 1 is 1.04 bits per heavy atom. The summed E-state index contributed by atoms with van der Waals surface area (Å²) in [7, 11) is -4.76. The first-order chi connectivity index (χ1) is 22.2. The molecule has 1 aliphatic heterocycles. The average molecular weight is 690 g/mol. The SMILES string of the molecule is CCCCCCCCCCCCCCCC(=O)OC[C@@H](O)COP(=O)(O)O[C@H]1[C@@H](O)[C@H](n2cnc3c(N)ncnc32)O[C@@H]1CSC. The zero-order valence-corrected chi connectivity index (χ0v) is 28.8. The zero-order valence-electron chi connectivity index (χ0n) is 27.1. The van der Waals surface area contributed by atoms with Crippen LogP contribution >= 0.6 is 19.6 Å². The van der Waals surface area contributed by atoms with Crippen LogP contribution in [0.15, 0.2) is 12.7 Å². The highest BCUT2D eigenvalue weighted by Gasteiger charge is 2.49. The third-order valence-corrected chi connectivity index (χ3v) is 9.55. The normalized spacial score (nSPS) is 21.8. The third-order valence-electron chi connectivity index (χ3n) is 7.91. The maximum atomic E-state index is 12.8. The zero-order chi connectivity index (χ0) is 33.4. The molecule has 0 saturated carbocycles. The monoisotopic (exact) mass is 689 g/mol. The molecule has 16 heteroatoms. The second-order valence-electron chi connectivity index (χ2n) is 11.8. The number of carbonyl (C=O) groups is 1. The van der Waals surface area contributed by atoms with Gasteiger partial charge in [0.25, 0.3) is 0 Å². The molecule has 1 saturated heterocycles. The van der Waals surface area contributed by atoms with Gasteiger partial charge < -0.3 is 30.3 Å². The summed E-state index contributed by atoms with van der Waals surface area (Å²) >= 11 is 1.39. The third kappa shape index (κ3) is 12.6. The van der Waals surface area contributed by atoms with E-state index in [1.165, 1.54) is 86.8 Å². The number of phosphoric ester groups is 1. The summed E-state index contributed by atoms with van der Waals surface area (Å²) in [5.41, 5.74) is 6.49. The van der Waals surface area contributed by atoms with Gasteiger partial charge in [0.15, 0.2) is 17.7 Å². The molecule has 1 aliphatic rings. The minimum atomic E-state index is -4.76. The van der Waals surface area contributed by atoms with Gasteiger partial charge in [-0.1, -0.05) is 84.0 Å². The molecule has 6 atom stereocenters. The van der Waals surface area contributed by atoms with Gasteiger partial charge in [0.2, 0.25) is 0 Å². The van der Waals surface area contributed by atoms with Crippen LogP contribution in [0.4, 0.5) is 5.82 Å². The number of aliphatic hydroxyl groups excluding tert-OH is 2. The number of ether oxygens (including phenoxy) is 2. The Balaban J connectivity index is 1.31. The summed E-state index contributed by atoms with van der Waals surface area (Å²) < 4.78 is 35.6. The van der Waals surface area contributed by atoms with Gasteiger partial charge >= 0.3 is 13.8 Å². The molecule has 0 bridgehead atoms. The Morgan fingerprint density at radius 3 is 2.30 bits per heavy atom. The molecule has 14 nitrogen and oxygen atoms in total. The molecule has 2 aromatic rings. The van der Waals surface area contributed by atoms with E-state index in [9.17, 15) is 24.5 Å². The van der Waals surface area contributed by atoms with E-state index in [0.717, 1.165) is 19.3 Å². The number of hydrogen-bond donors (Lipinski definition) is 4. The van der Waals surface area contributed by atoms with Crippen LogP contribution in [-0.4, -0.2) is 90.2 Å². The maximum Gasteiger partial charge on any atom is 0.472 e. The van der Waals surface area contributed by atoms with E-state index in [4.69, 9.17) is 24.3 Å². The Labute approximate surface area is 275 Å². The van der Waals surface area contributed by atoms with Crippen molar-refractivity contribution in [1.82, 2.24) is 19.5 Å². The lowest BCUT2D eigenvalue weighted by Crippen LogP contribution is -2.35. The van der Waals surface area contributed by atoms with Crippen molar-refractivity contribution in [2.24, 2.45) is 0 Å². The first kappa shape index (κ1) is 38.6. The van der Waals surface area contributed by atoms with Crippen LogP contribution in [0.1, 0.15) is 103 Å². The number of rotatable bonds is 24. The molecule has 1 fully saturated rings. The number of aliphatic hydroxyl groups is 2. The van der Waals surface area contributed by atoms with Crippen molar-refractivity contribution in [2.45, 2.75) is 127 Å². The van der Waals surface area contributed by atoms with Crippen molar-refractivity contribution in [3.8, 4) is 0 Å². The van der Waals surface area contributed by atoms with E-state index in [1.807, 2.05) is 6.26 Å². The summed E-state index contributed by atoms with van der Waals surface area (Å²) in [6.45, 7) is 1.23. The van der Waals surface area contributed by atoms with Gasteiger partial charge in [-0.25, -0.2) is 19.5 Å². The highest BCUT2D eigenvalue weighted by Crippen LogP contribution is 2.49. The summed E-state index contributed by atoms with van der Waals surface area (Å²) in [6, 6.07) is 0. The van der Waals surface area contributed by atoms with Crippen LogP contribution < -0.4 is 5.73 Å². The number of nitrogens with zero attached hydrogens (tertiary/aromatic N) is 4. The lowest BCUT2D eigenvalue weighted by molar-refractivity contribution is -0.147. The average Bonchev–Trinajstić information content (AvgIpc) is 3.59. The minimum absolute atomic E-state index is 0.154. The summed E-state index contributed by atoms with van der Waals surface area (Å²) in [5, 5.41) is 21.2. The van der Waals surface area contributed by atoms with Gasteiger partial charge in [-0.15, -0.1) is 0 Å². The number of imidazole rings is 1. The van der Waals surface area contributed by atoms with Gasteiger partial charge in [-0.2, -0.15) is 11.8 Å². The molecular weight excluding hydrogens is 637 g/mol. The molecule has 0 aliphatic carbocycles. The van der Waals surface area contributed by atoms with Crippen LogP contribution in [0.3, 0.4) is 0 Å². The van der Waals surface area contributed by atoms with Crippen LogP contribution in [0.25, 0.3) is 11.2 Å². The number of nitrogen functional groups attached to an aromatic ring is 1. The van der Waals surface area contributed by atoms with Crippen molar-refractivity contribution in [2.75, 3.05) is 31.0 Å². The predicted octanol–water partition coefficient (Wildman–Crippen LogP) is 4.92. The summed E-state index contributed by atoms with van der Waals surface area (Å²) in [6.07, 6.45) is 14.6. The predicted molar refractivity (Wildman–Crippen MR) is 176 cm³/mol. The van der Waals surface area contributed by atoms with Crippen molar-refractivity contribution >= 4 is 42.5 Å². The van der Waals surface area contributed by atoms with Crippen LogP contribution in [0, 0.1) is 0 Å². The van der Waals surface area contributed by atoms with Crippen molar-refractivity contribution in [3.05, 3.63) is 12.7 Å². The molecular formula is C30H52N5O9PS. The number of aromatic nitrogens is 4. The van der Waals surface area contributed by atoms with Crippen molar-refractivity contribution < 1.29 is 43.0 Å². The number of esters is 1. The number of phosphoric acid groups is 1. The highest BCUT2D eigenvalue weighted by atomic mass is 32.2. The van der Waals surface area contributed by atoms with Crippen LogP contribution in [-0.2, 0) is 27.9 Å². The Morgan fingerprint density at radius 2 is 1.67 bits per heavy atom. The largest absolute Gasteiger partial charge is 0.472 e. The second-order valence-corrected chi connectivity index (χ2v) is 14.1. The fourth-order valence-electron chi connectivity index (χ4n) is 5.40. The summed E-state index contributed by atoms with van der Waals surface area (Å²) in [4.78, 5) is 34.7. The molecule has 0 spiro atoms. The number of fused-ring (bicyclic) bond motifs is 1. The highest BCUT2D eigenvalue weighted by molar-refractivity contribution is 7.98. The number of hydrogen-bond acceptors (Lipinski definition) is 13. The smallest absolute Gasteiger partial charge is 0.463 e. The first-order valence-corrected chi connectivity index (χ1v) is 19.3. The second kappa shape index (κ2) is 20.5. The number of unbranched alkanes of at least 4 members (excludes halogenated alkanes) is 12. The van der Waals surface area contributed by atoms with Gasteiger partial charge in [-0.05, 0) is 12.7 Å². The van der Waals surface area contributed by atoms with E-state index in [2.05, 4.69) is 21.9 Å². The molecule has 3 heterocycles. The number of nitrogens with two attached hydrogens (primary N) is 1. The summed E-state index contributed by atoms with van der Waals surface area (Å²) in [5.74, 6) is 0.0448. The lowest BCUT2D eigenvalue weighted by atomic mass is 10.0. The van der Waals surface area contributed by atoms with E-state index < -0.39 is 51.0 Å². The fourth-order valence-corrected chi connectivity index (χ4v) is 6.98.